The van der Waals surface area contributed by atoms with Crippen LogP contribution in [0.2, 0.25) is 0 Å². The molecule has 0 spiro atoms. The molecule has 0 amide bonds. The lowest BCUT2D eigenvalue weighted by molar-refractivity contribution is 1.14. The van der Waals surface area contributed by atoms with Crippen molar-refractivity contribution in [2.75, 3.05) is 11.9 Å². The van der Waals surface area contributed by atoms with E-state index in [0.717, 1.165) is 5.69 Å². The third-order valence-electron chi connectivity index (χ3n) is 1.86. The number of anilines is 1. The molecule has 4 N–H and O–H groups in total. The molecule has 0 aliphatic heterocycles. The highest BCUT2D eigenvalue weighted by atomic mass is 15.3. The Kier molecular flexibility index (Phi) is 2.74. The van der Waals surface area contributed by atoms with E-state index in [1.54, 1.807) is 4.90 Å². The molecule has 0 atom stereocenters. The molecular formula is C9H14N4. The van der Waals surface area contributed by atoms with E-state index in [1.165, 1.54) is 5.56 Å². The van der Waals surface area contributed by atoms with Crippen molar-refractivity contribution in [2.24, 2.45) is 16.7 Å². The van der Waals surface area contributed by atoms with Crippen LogP contribution in [0.5, 0.6) is 0 Å². The van der Waals surface area contributed by atoms with Crippen molar-refractivity contribution < 1.29 is 0 Å². The predicted octanol–water partition coefficient (Wildman–Crippen LogP) is 0.620. The topological polar surface area (TPSA) is 67.6 Å². The lowest BCUT2D eigenvalue weighted by atomic mass is 10.2. The Morgan fingerprint density at radius 1 is 1.46 bits per heavy atom. The molecule has 70 valence electrons. The Labute approximate surface area is 77.8 Å². The third-order valence-corrected chi connectivity index (χ3v) is 1.86. The molecule has 1 aromatic rings. The first kappa shape index (κ1) is 9.38. The molecule has 1 aromatic carbocycles. The summed E-state index contributed by atoms with van der Waals surface area (Å²) in [5.41, 5.74) is 7.70. The van der Waals surface area contributed by atoms with Crippen LogP contribution in [0.3, 0.4) is 0 Å². The molecule has 0 heterocycles. The van der Waals surface area contributed by atoms with Gasteiger partial charge in [0.05, 0.1) is 0 Å². The van der Waals surface area contributed by atoms with Gasteiger partial charge in [0, 0.05) is 12.7 Å². The van der Waals surface area contributed by atoms with Gasteiger partial charge >= 0.3 is 0 Å². The molecule has 4 heteroatoms. The molecule has 0 bridgehead atoms. The number of guanidine groups is 1. The summed E-state index contributed by atoms with van der Waals surface area (Å²) in [7, 11) is 1.82. The smallest absolute Gasteiger partial charge is 0.217 e. The van der Waals surface area contributed by atoms with Crippen molar-refractivity contribution in [1.82, 2.24) is 0 Å². The second kappa shape index (κ2) is 3.80. The van der Waals surface area contributed by atoms with Crippen molar-refractivity contribution in [3.63, 3.8) is 0 Å². The van der Waals surface area contributed by atoms with Crippen molar-refractivity contribution in [3.8, 4) is 0 Å². The second-order valence-electron chi connectivity index (χ2n) is 2.89. The number of hydrazone groups is 1. The summed E-state index contributed by atoms with van der Waals surface area (Å²) in [4.78, 5) is 1.73. The molecule has 4 nitrogen and oxygen atoms in total. The standard InChI is InChI=1S/C9H14N4/c1-7-4-3-5-8(6-7)13(2)9(10)12-11/h3-6H,11H2,1-2H3,(H2,10,12). The van der Waals surface area contributed by atoms with Crippen LogP contribution >= 0.6 is 0 Å². The van der Waals surface area contributed by atoms with Gasteiger partial charge in [-0.25, -0.2) is 0 Å². The number of aryl methyl sites for hydroxylation is 1. The summed E-state index contributed by atoms with van der Waals surface area (Å²) < 4.78 is 0. The Bertz CT molecular complexity index is 319. The second-order valence-corrected chi connectivity index (χ2v) is 2.89. The Morgan fingerprint density at radius 3 is 2.69 bits per heavy atom. The van der Waals surface area contributed by atoms with Gasteiger partial charge in [0.25, 0.3) is 0 Å². The van der Waals surface area contributed by atoms with Gasteiger partial charge in [-0.2, -0.15) is 0 Å². The first-order valence-electron chi connectivity index (χ1n) is 3.99. The molecule has 0 fully saturated rings. The van der Waals surface area contributed by atoms with Gasteiger partial charge in [0.15, 0.2) is 0 Å². The van der Waals surface area contributed by atoms with Gasteiger partial charge < -0.3 is 16.5 Å². The lowest BCUT2D eigenvalue weighted by Crippen LogP contribution is -2.34. The zero-order valence-corrected chi connectivity index (χ0v) is 7.86. The molecule has 0 unspecified atom stereocenters. The quantitative estimate of drug-likeness (QED) is 0.287. The number of hydrogen-bond acceptors (Lipinski definition) is 2. The molecule has 0 saturated carbocycles. The number of nitrogens with zero attached hydrogens (tertiary/aromatic N) is 2. The minimum Gasteiger partial charge on any atom is -0.368 e. The van der Waals surface area contributed by atoms with E-state index in [-0.39, 0.29) is 0 Å². The highest BCUT2D eigenvalue weighted by Crippen LogP contribution is 2.13. The number of hydrogen-bond donors (Lipinski definition) is 2. The Morgan fingerprint density at radius 2 is 2.15 bits per heavy atom. The van der Waals surface area contributed by atoms with E-state index < -0.39 is 0 Å². The maximum absolute atomic E-state index is 5.55. The first-order chi connectivity index (χ1) is 6.15. The summed E-state index contributed by atoms with van der Waals surface area (Å²) >= 11 is 0. The van der Waals surface area contributed by atoms with Gasteiger partial charge in [-0.15, -0.1) is 5.10 Å². The van der Waals surface area contributed by atoms with Gasteiger partial charge in [-0.1, -0.05) is 12.1 Å². The average molecular weight is 178 g/mol. The molecule has 13 heavy (non-hydrogen) atoms. The van der Waals surface area contributed by atoms with Crippen LogP contribution in [-0.4, -0.2) is 13.0 Å². The van der Waals surface area contributed by atoms with Crippen LogP contribution in [-0.2, 0) is 0 Å². The lowest BCUT2D eigenvalue weighted by Gasteiger charge is -2.17. The van der Waals surface area contributed by atoms with Crippen molar-refractivity contribution in [2.45, 2.75) is 6.92 Å². The van der Waals surface area contributed by atoms with Gasteiger partial charge in [0.1, 0.15) is 0 Å². The van der Waals surface area contributed by atoms with Crippen LogP contribution in [0.1, 0.15) is 5.56 Å². The average Bonchev–Trinajstić information content (AvgIpc) is 2.15. The van der Waals surface area contributed by atoms with E-state index in [1.807, 2.05) is 38.2 Å². The first-order valence-corrected chi connectivity index (χ1v) is 3.99. The molecule has 0 aliphatic rings. The van der Waals surface area contributed by atoms with E-state index in [2.05, 4.69) is 5.10 Å². The van der Waals surface area contributed by atoms with Crippen molar-refractivity contribution in [3.05, 3.63) is 29.8 Å². The Balaban J connectivity index is 2.95. The molecule has 0 aliphatic carbocycles. The molecule has 0 saturated heterocycles. The van der Waals surface area contributed by atoms with Gasteiger partial charge in [0.2, 0.25) is 5.96 Å². The van der Waals surface area contributed by atoms with E-state index in [9.17, 15) is 0 Å². The van der Waals surface area contributed by atoms with Crippen LogP contribution < -0.4 is 16.5 Å². The largest absolute Gasteiger partial charge is 0.368 e. The van der Waals surface area contributed by atoms with E-state index in [0.29, 0.717) is 5.96 Å². The van der Waals surface area contributed by atoms with Crippen LogP contribution in [0.25, 0.3) is 0 Å². The zero-order chi connectivity index (χ0) is 9.84. The summed E-state index contributed by atoms with van der Waals surface area (Å²) in [5.74, 6) is 5.37. The summed E-state index contributed by atoms with van der Waals surface area (Å²) in [6, 6.07) is 7.95. The minimum absolute atomic E-state index is 0.297. The van der Waals surface area contributed by atoms with Gasteiger partial charge in [-0.3, -0.25) is 0 Å². The van der Waals surface area contributed by atoms with Crippen molar-refractivity contribution in [1.29, 1.82) is 0 Å². The highest BCUT2D eigenvalue weighted by Gasteiger charge is 2.03. The molecule has 0 aromatic heterocycles. The summed E-state index contributed by atoms with van der Waals surface area (Å²) in [6.45, 7) is 2.02. The predicted molar refractivity (Wildman–Crippen MR) is 55.4 cm³/mol. The van der Waals surface area contributed by atoms with E-state index >= 15 is 0 Å². The van der Waals surface area contributed by atoms with Crippen LogP contribution in [0.4, 0.5) is 5.69 Å². The van der Waals surface area contributed by atoms with Crippen molar-refractivity contribution >= 4 is 11.6 Å². The minimum atomic E-state index is 0.297. The fourth-order valence-electron chi connectivity index (χ4n) is 1.06. The third kappa shape index (κ3) is 2.11. The summed E-state index contributed by atoms with van der Waals surface area (Å²) in [5, 5.41) is 3.41. The van der Waals surface area contributed by atoms with Crippen LogP contribution in [0.15, 0.2) is 29.4 Å². The molecule has 1 rings (SSSR count). The monoisotopic (exact) mass is 178 g/mol. The maximum Gasteiger partial charge on any atom is 0.217 e. The number of nitrogens with two attached hydrogens (primary N) is 2. The Hall–Kier alpha value is -1.71. The highest BCUT2D eigenvalue weighted by molar-refractivity contribution is 5.94. The normalized spacial score (nSPS) is 11.4. The number of rotatable bonds is 1. The summed E-state index contributed by atoms with van der Waals surface area (Å²) in [6.07, 6.45) is 0. The molecular weight excluding hydrogens is 164 g/mol. The fraction of sp³-hybridized carbons (Fsp3) is 0.222. The van der Waals surface area contributed by atoms with Crippen LogP contribution in [0, 0.1) is 6.92 Å². The SMILES string of the molecule is Cc1cccc(N(C)C(N)=NN)c1. The fourth-order valence-corrected chi connectivity index (χ4v) is 1.06. The zero-order valence-electron chi connectivity index (χ0n) is 7.86. The van der Waals surface area contributed by atoms with Gasteiger partial charge in [-0.05, 0) is 24.6 Å². The molecule has 0 radical (unpaired) electrons. The number of benzene rings is 1. The maximum atomic E-state index is 5.55. The van der Waals surface area contributed by atoms with E-state index in [4.69, 9.17) is 11.6 Å².